The van der Waals surface area contributed by atoms with Crippen LogP contribution in [0.5, 0.6) is 11.5 Å². The number of nitrogens with zero attached hydrogens (tertiary/aromatic N) is 1. The average molecular weight is 930 g/mol. The molecule has 2 nitrogen and oxygen atoms in total. The van der Waals surface area contributed by atoms with Gasteiger partial charge in [0.2, 0.25) is 0 Å². The van der Waals surface area contributed by atoms with E-state index in [1.165, 1.54) is 90.7 Å². The fraction of sp³-hybridized carbons (Fsp3) is 0.143. The Bertz CT molecular complexity index is 3400. The molecular formula is C70H59NO. The number of ether oxygens (including phenoxy) is 1. The Kier molecular flexibility index (Phi) is 12.0. The Morgan fingerprint density at radius 2 is 0.944 bits per heavy atom. The first-order chi connectivity index (χ1) is 35.4. The highest BCUT2D eigenvalue weighted by molar-refractivity contribution is 5.90. The lowest BCUT2D eigenvalue weighted by Gasteiger charge is -2.35. The van der Waals surface area contributed by atoms with Crippen LogP contribution in [0, 0.1) is 6.92 Å². The minimum atomic E-state index is -0.608. The van der Waals surface area contributed by atoms with Gasteiger partial charge in [-0.2, -0.15) is 0 Å². The van der Waals surface area contributed by atoms with E-state index in [1.54, 1.807) is 5.56 Å². The van der Waals surface area contributed by atoms with Crippen LogP contribution in [0.1, 0.15) is 88.6 Å². The van der Waals surface area contributed by atoms with Crippen LogP contribution < -0.4 is 9.64 Å². The van der Waals surface area contributed by atoms with Gasteiger partial charge in [0.05, 0.1) is 5.41 Å². The van der Waals surface area contributed by atoms with Gasteiger partial charge in [-0.05, 0) is 183 Å². The highest BCUT2D eigenvalue weighted by Gasteiger charge is 2.46. The third kappa shape index (κ3) is 8.31. The molecule has 0 saturated carbocycles. The van der Waals surface area contributed by atoms with Gasteiger partial charge in [0, 0.05) is 17.1 Å². The Balaban J connectivity index is 0.906. The van der Waals surface area contributed by atoms with Gasteiger partial charge in [0.15, 0.2) is 0 Å². The van der Waals surface area contributed by atoms with Crippen molar-refractivity contribution in [3.63, 3.8) is 0 Å². The Hall–Kier alpha value is -8.20. The molecule has 0 bridgehead atoms. The zero-order chi connectivity index (χ0) is 48.6. The number of rotatable bonds is 14. The van der Waals surface area contributed by atoms with Crippen molar-refractivity contribution in [3.05, 3.63) is 293 Å². The molecular weight excluding hydrogens is 871 g/mol. The topological polar surface area (TPSA) is 12.5 Å². The minimum Gasteiger partial charge on any atom is -0.457 e. The molecule has 10 aromatic rings. The van der Waals surface area contributed by atoms with E-state index in [9.17, 15) is 0 Å². The molecule has 0 spiro atoms. The molecule has 72 heavy (non-hydrogen) atoms. The smallest absolute Gasteiger partial charge is 0.127 e. The summed E-state index contributed by atoms with van der Waals surface area (Å²) in [5, 5.41) is 0. The molecule has 2 heteroatoms. The van der Waals surface area contributed by atoms with E-state index in [0.717, 1.165) is 41.4 Å². The van der Waals surface area contributed by atoms with Crippen molar-refractivity contribution >= 4 is 17.1 Å². The van der Waals surface area contributed by atoms with Gasteiger partial charge in [-0.1, -0.05) is 201 Å². The third-order valence-corrected chi connectivity index (χ3v) is 15.7. The van der Waals surface area contributed by atoms with Crippen LogP contribution >= 0.6 is 0 Å². The van der Waals surface area contributed by atoms with Crippen molar-refractivity contribution in [3.8, 4) is 44.9 Å². The second-order valence-corrected chi connectivity index (χ2v) is 20.0. The third-order valence-electron chi connectivity index (χ3n) is 15.7. The fourth-order valence-corrected chi connectivity index (χ4v) is 11.7. The first kappa shape index (κ1) is 45.0. The lowest BCUT2D eigenvalue weighted by molar-refractivity contribution is 0.481. The molecule has 0 saturated heterocycles. The first-order valence-electron chi connectivity index (χ1n) is 25.9. The lowest BCUT2D eigenvalue weighted by Crippen LogP contribution is -2.28. The quantitative estimate of drug-likeness (QED) is 0.108. The minimum absolute atomic E-state index is 0.442. The van der Waals surface area contributed by atoms with E-state index in [1.807, 2.05) is 0 Å². The van der Waals surface area contributed by atoms with Gasteiger partial charge in [0.25, 0.3) is 0 Å². The maximum absolute atomic E-state index is 6.64. The SMILES string of the molecule is CCC(CC(C)c1ccc(Oc2ccc(C3(c4ccc(C)cc4)c4ccccc4-c4ccc(N(c5ccc(-c6ccccc6)cc5)c5ccc(-c6ccccc6)cc5)cc43)cc2)cc1)c1ccc2c(c1)CC2. The molecule has 350 valence electrons. The number of benzene rings is 10. The molecule has 0 radical (unpaired) electrons. The summed E-state index contributed by atoms with van der Waals surface area (Å²) in [7, 11) is 0. The highest BCUT2D eigenvalue weighted by atomic mass is 16.5. The predicted molar refractivity (Wildman–Crippen MR) is 300 cm³/mol. The summed E-state index contributed by atoms with van der Waals surface area (Å²) in [6.07, 6.45) is 4.75. The molecule has 0 aliphatic heterocycles. The van der Waals surface area contributed by atoms with E-state index < -0.39 is 5.41 Å². The van der Waals surface area contributed by atoms with Crippen molar-refractivity contribution < 1.29 is 4.74 Å². The van der Waals surface area contributed by atoms with Crippen molar-refractivity contribution in [2.24, 2.45) is 0 Å². The second kappa shape index (κ2) is 19.2. The molecule has 0 N–H and O–H groups in total. The molecule has 3 unspecified atom stereocenters. The summed E-state index contributed by atoms with van der Waals surface area (Å²) in [5.41, 5.74) is 22.0. The fourth-order valence-electron chi connectivity index (χ4n) is 11.7. The van der Waals surface area contributed by atoms with Gasteiger partial charge in [0.1, 0.15) is 11.5 Å². The number of hydrogen-bond donors (Lipinski definition) is 0. The van der Waals surface area contributed by atoms with Crippen LogP contribution in [0.2, 0.25) is 0 Å². The van der Waals surface area contributed by atoms with E-state index in [0.29, 0.717) is 11.8 Å². The van der Waals surface area contributed by atoms with Gasteiger partial charge in [-0.15, -0.1) is 0 Å². The van der Waals surface area contributed by atoms with Gasteiger partial charge in [-0.25, -0.2) is 0 Å². The number of fused-ring (bicyclic) bond motifs is 4. The van der Waals surface area contributed by atoms with Crippen LogP contribution in [0.4, 0.5) is 17.1 Å². The summed E-state index contributed by atoms with van der Waals surface area (Å²) in [6.45, 7) is 6.87. The first-order valence-corrected chi connectivity index (χ1v) is 25.9. The maximum atomic E-state index is 6.64. The van der Waals surface area contributed by atoms with E-state index in [4.69, 9.17) is 4.74 Å². The summed E-state index contributed by atoms with van der Waals surface area (Å²) in [6, 6.07) is 89.4. The van der Waals surface area contributed by atoms with Crippen LogP contribution in [0.25, 0.3) is 33.4 Å². The number of anilines is 3. The summed E-state index contributed by atoms with van der Waals surface area (Å²) < 4.78 is 6.64. The highest BCUT2D eigenvalue weighted by Crippen LogP contribution is 2.57. The van der Waals surface area contributed by atoms with Crippen molar-refractivity contribution in [1.29, 1.82) is 0 Å². The normalized spacial score (nSPS) is 15.1. The Morgan fingerprint density at radius 3 is 1.51 bits per heavy atom. The van der Waals surface area contributed by atoms with Crippen LogP contribution in [-0.4, -0.2) is 0 Å². The summed E-state index contributed by atoms with van der Waals surface area (Å²) in [5.74, 6) is 2.66. The molecule has 3 atom stereocenters. The van der Waals surface area contributed by atoms with E-state index in [2.05, 4.69) is 268 Å². The van der Waals surface area contributed by atoms with Crippen LogP contribution in [0.3, 0.4) is 0 Å². The van der Waals surface area contributed by atoms with E-state index >= 15 is 0 Å². The van der Waals surface area contributed by atoms with Crippen LogP contribution in [0.15, 0.2) is 243 Å². The molecule has 0 fully saturated rings. The van der Waals surface area contributed by atoms with Gasteiger partial charge in [-0.3, -0.25) is 0 Å². The largest absolute Gasteiger partial charge is 0.457 e. The van der Waals surface area contributed by atoms with Gasteiger partial charge < -0.3 is 9.64 Å². The number of hydrogen-bond acceptors (Lipinski definition) is 2. The second-order valence-electron chi connectivity index (χ2n) is 20.0. The van der Waals surface area contributed by atoms with Crippen molar-refractivity contribution in [2.75, 3.05) is 4.90 Å². The lowest BCUT2D eigenvalue weighted by atomic mass is 9.67. The van der Waals surface area contributed by atoms with Crippen molar-refractivity contribution in [1.82, 2.24) is 0 Å². The molecule has 2 aliphatic rings. The Morgan fingerprint density at radius 1 is 0.444 bits per heavy atom. The molecule has 12 rings (SSSR count). The molecule has 10 aromatic carbocycles. The van der Waals surface area contributed by atoms with Gasteiger partial charge >= 0.3 is 0 Å². The summed E-state index contributed by atoms with van der Waals surface area (Å²) >= 11 is 0. The Labute approximate surface area is 425 Å². The molecule has 0 amide bonds. The molecule has 2 aliphatic carbocycles. The average Bonchev–Trinajstić information content (AvgIpc) is 3.73. The number of aryl methyl sites for hydroxylation is 3. The van der Waals surface area contributed by atoms with Crippen molar-refractivity contribution in [2.45, 2.75) is 63.7 Å². The monoisotopic (exact) mass is 929 g/mol. The molecule has 0 aromatic heterocycles. The zero-order valence-electron chi connectivity index (χ0n) is 41.4. The zero-order valence-corrected chi connectivity index (χ0v) is 41.4. The van der Waals surface area contributed by atoms with Crippen LogP contribution in [-0.2, 0) is 18.3 Å². The maximum Gasteiger partial charge on any atom is 0.127 e. The molecule has 0 heterocycles. The predicted octanol–water partition coefficient (Wildman–Crippen LogP) is 18.7. The summed E-state index contributed by atoms with van der Waals surface area (Å²) in [4.78, 5) is 2.41. The standard InChI is InChI=1S/C70H59NO/c1-4-50(57-23-21-56-22-24-58(56)46-57)45-49(3)51-29-40-64(41-30-51)72-65-42-33-60(34-43-65)70(59-31-19-48(2)20-32-59)68-18-12-11-17-66(68)67-44-39-63(47-69(67)70)71(61-35-25-54(26-36-61)52-13-7-5-8-14-52)62-37-27-55(28-38-62)53-15-9-6-10-16-53/h5-21,23,25-44,46-47,49-50H,4,22,24,45H2,1-3H3. The van der Waals surface area contributed by atoms with E-state index in [-0.39, 0.29) is 0 Å².